The van der Waals surface area contributed by atoms with Crippen molar-refractivity contribution in [3.63, 3.8) is 0 Å². The molecule has 0 aliphatic heterocycles. The highest BCUT2D eigenvalue weighted by Gasteiger charge is 2.21. The van der Waals surface area contributed by atoms with Crippen molar-refractivity contribution < 1.29 is 45.3 Å². The molecule has 172 valence electrons. The molecule has 0 aliphatic carbocycles. The minimum atomic E-state index is -1.01. The van der Waals surface area contributed by atoms with Gasteiger partial charge in [0.15, 0.2) is 28.7 Å². The van der Waals surface area contributed by atoms with Crippen molar-refractivity contribution in [2.75, 3.05) is 0 Å². The van der Waals surface area contributed by atoms with Gasteiger partial charge in [-0.05, 0) is 23.3 Å². The number of phenols is 7. The molecular weight excluding hydrogens is 436 g/mol. The molecule has 2 amide bonds. The van der Waals surface area contributed by atoms with Crippen LogP contribution in [0.15, 0.2) is 42.5 Å². The number of carbonyl (C=O) groups is 2. The first-order chi connectivity index (χ1) is 15.6. The topological polar surface area (TPSA) is 200 Å². The van der Waals surface area contributed by atoms with Crippen molar-refractivity contribution in [2.45, 2.75) is 13.1 Å². The summed E-state index contributed by atoms with van der Waals surface area (Å²) < 4.78 is 0. The Balaban J connectivity index is 1.58. The van der Waals surface area contributed by atoms with Crippen LogP contribution in [0.5, 0.6) is 40.2 Å². The van der Waals surface area contributed by atoms with Gasteiger partial charge in [0.2, 0.25) is 11.5 Å². The number of carbonyl (C=O) groups excluding carboxylic acids is 2. The molecule has 0 unspecified atom stereocenters. The molecule has 0 atom stereocenters. The molecule has 0 saturated heterocycles. The monoisotopic (exact) mass is 456 g/mol. The van der Waals surface area contributed by atoms with Gasteiger partial charge in [0.1, 0.15) is 0 Å². The summed E-state index contributed by atoms with van der Waals surface area (Å²) in [6, 6.07) is 9.56. The van der Waals surface area contributed by atoms with Crippen molar-refractivity contribution in [1.82, 2.24) is 10.6 Å². The highest BCUT2D eigenvalue weighted by atomic mass is 16.3. The molecule has 0 radical (unpaired) electrons. The molecule has 0 aromatic heterocycles. The number of amides is 2. The van der Waals surface area contributed by atoms with E-state index < -0.39 is 57.6 Å². The van der Waals surface area contributed by atoms with E-state index in [-0.39, 0.29) is 18.7 Å². The van der Waals surface area contributed by atoms with Crippen LogP contribution in [-0.2, 0) is 13.1 Å². The average molecular weight is 456 g/mol. The van der Waals surface area contributed by atoms with Crippen molar-refractivity contribution in [3.8, 4) is 40.2 Å². The molecule has 0 fully saturated rings. The summed E-state index contributed by atoms with van der Waals surface area (Å²) in [4.78, 5) is 24.4. The molecule has 3 aromatic rings. The van der Waals surface area contributed by atoms with E-state index in [9.17, 15) is 45.3 Å². The molecule has 33 heavy (non-hydrogen) atoms. The second-order valence-corrected chi connectivity index (χ2v) is 7.03. The maximum absolute atomic E-state index is 12.2. The van der Waals surface area contributed by atoms with Gasteiger partial charge < -0.3 is 46.4 Å². The van der Waals surface area contributed by atoms with Crippen molar-refractivity contribution >= 4 is 11.8 Å². The fraction of sp³-hybridized carbons (Fsp3) is 0.0909. The molecule has 11 heteroatoms. The first-order valence-corrected chi connectivity index (χ1v) is 9.44. The minimum absolute atomic E-state index is 0.0410. The number of aromatic hydroxyl groups is 7. The second-order valence-electron chi connectivity index (χ2n) is 7.03. The summed E-state index contributed by atoms with van der Waals surface area (Å²) in [7, 11) is 0. The summed E-state index contributed by atoms with van der Waals surface area (Å²) in [5, 5.41) is 71.6. The Labute approximate surface area is 186 Å². The van der Waals surface area contributed by atoms with E-state index >= 15 is 0 Å². The van der Waals surface area contributed by atoms with E-state index in [0.29, 0.717) is 11.1 Å². The fourth-order valence-electron chi connectivity index (χ4n) is 2.88. The lowest BCUT2D eigenvalue weighted by Gasteiger charge is -2.11. The lowest BCUT2D eigenvalue weighted by atomic mass is 10.1. The van der Waals surface area contributed by atoms with E-state index in [4.69, 9.17) is 0 Å². The van der Waals surface area contributed by atoms with Gasteiger partial charge in [0.25, 0.3) is 11.8 Å². The van der Waals surface area contributed by atoms with Gasteiger partial charge in [-0.1, -0.05) is 24.3 Å². The van der Waals surface area contributed by atoms with Gasteiger partial charge in [0.05, 0.1) is 5.56 Å². The third kappa shape index (κ3) is 4.93. The van der Waals surface area contributed by atoms with Crippen LogP contribution in [0.2, 0.25) is 0 Å². The van der Waals surface area contributed by atoms with Crippen LogP contribution in [0.1, 0.15) is 31.8 Å². The van der Waals surface area contributed by atoms with Crippen molar-refractivity contribution in [2.24, 2.45) is 0 Å². The highest BCUT2D eigenvalue weighted by molar-refractivity contribution is 5.98. The van der Waals surface area contributed by atoms with Gasteiger partial charge in [-0.15, -0.1) is 0 Å². The maximum atomic E-state index is 12.2. The number of rotatable bonds is 6. The predicted octanol–water partition coefficient (Wildman–Crippen LogP) is 1.49. The number of phenolic OH excluding ortho intramolecular Hbond substituents is 7. The summed E-state index contributed by atoms with van der Waals surface area (Å²) in [6.45, 7) is 0.160. The average Bonchev–Trinajstić information content (AvgIpc) is 2.80. The number of nitrogens with one attached hydrogen (secondary N) is 2. The van der Waals surface area contributed by atoms with Gasteiger partial charge in [-0.3, -0.25) is 9.59 Å². The zero-order valence-corrected chi connectivity index (χ0v) is 16.9. The molecule has 9 N–H and O–H groups in total. The van der Waals surface area contributed by atoms with Crippen molar-refractivity contribution in [1.29, 1.82) is 0 Å². The molecule has 11 nitrogen and oxygen atoms in total. The van der Waals surface area contributed by atoms with Crippen molar-refractivity contribution in [3.05, 3.63) is 64.7 Å². The quantitative estimate of drug-likeness (QED) is 0.195. The van der Waals surface area contributed by atoms with E-state index in [2.05, 4.69) is 10.6 Å². The van der Waals surface area contributed by atoms with Crippen LogP contribution in [0, 0.1) is 0 Å². The van der Waals surface area contributed by atoms with Crippen LogP contribution < -0.4 is 10.6 Å². The largest absolute Gasteiger partial charge is 0.504 e. The molecule has 3 rings (SSSR count). The Bertz CT molecular complexity index is 1200. The van der Waals surface area contributed by atoms with Gasteiger partial charge in [-0.25, -0.2) is 0 Å². The first-order valence-electron chi connectivity index (χ1n) is 9.44. The standard InChI is InChI=1S/C22H20N2O9/c25-14-5-12(6-15(26)18(14)29)21(32)23-8-10-1-3-11(4-2-10)9-24-22(33)13-7-16(27)19(30)20(31)17(13)28/h1-7,25-31H,8-9H2,(H,23,32)(H,24,33). The van der Waals surface area contributed by atoms with Gasteiger partial charge in [0, 0.05) is 24.7 Å². The number of hydrogen-bond acceptors (Lipinski definition) is 9. The lowest BCUT2D eigenvalue weighted by Crippen LogP contribution is -2.23. The molecule has 0 saturated carbocycles. The first kappa shape index (κ1) is 22.9. The molecule has 0 heterocycles. The van der Waals surface area contributed by atoms with Gasteiger partial charge in [-0.2, -0.15) is 0 Å². The molecular formula is C22H20N2O9. The van der Waals surface area contributed by atoms with E-state index in [0.717, 1.165) is 18.2 Å². The van der Waals surface area contributed by atoms with Crippen LogP contribution in [0.4, 0.5) is 0 Å². The Morgan fingerprint density at radius 1 is 0.576 bits per heavy atom. The van der Waals surface area contributed by atoms with E-state index in [1.807, 2.05) is 0 Å². The zero-order chi connectivity index (χ0) is 24.3. The summed E-state index contributed by atoms with van der Waals surface area (Å²) in [6.07, 6.45) is 0. The second kappa shape index (κ2) is 9.14. The Morgan fingerprint density at radius 2 is 1.03 bits per heavy atom. The van der Waals surface area contributed by atoms with E-state index in [1.165, 1.54) is 0 Å². The Kier molecular flexibility index (Phi) is 6.34. The predicted molar refractivity (Wildman–Crippen MR) is 113 cm³/mol. The van der Waals surface area contributed by atoms with Crippen LogP contribution in [-0.4, -0.2) is 47.6 Å². The molecule has 3 aromatic carbocycles. The van der Waals surface area contributed by atoms with Crippen LogP contribution in [0.25, 0.3) is 0 Å². The Hall–Kier alpha value is -4.80. The van der Waals surface area contributed by atoms with Crippen LogP contribution >= 0.6 is 0 Å². The summed E-state index contributed by atoms with van der Waals surface area (Å²) >= 11 is 0. The molecule has 0 bridgehead atoms. The third-order valence-corrected chi connectivity index (χ3v) is 4.73. The molecule has 0 aliphatic rings. The zero-order valence-electron chi connectivity index (χ0n) is 16.9. The maximum Gasteiger partial charge on any atom is 0.255 e. The van der Waals surface area contributed by atoms with E-state index in [1.54, 1.807) is 24.3 Å². The Morgan fingerprint density at radius 3 is 1.55 bits per heavy atom. The van der Waals surface area contributed by atoms with Crippen LogP contribution in [0.3, 0.4) is 0 Å². The SMILES string of the molecule is O=C(NCc1ccc(CNC(=O)c2cc(O)c(O)c(O)c2O)cc1)c1cc(O)c(O)c(O)c1. The lowest BCUT2D eigenvalue weighted by molar-refractivity contribution is 0.0940. The fourth-order valence-corrected chi connectivity index (χ4v) is 2.88. The molecule has 0 spiro atoms. The highest BCUT2D eigenvalue weighted by Crippen LogP contribution is 2.43. The normalized spacial score (nSPS) is 10.5. The van der Waals surface area contributed by atoms with Gasteiger partial charge >= 0.3 is 0 Å². The number of hydrogen-bond donors (Lipinski definition) is 9. The smallest absolute Gasteiger partial charge is 0.255 e. The third-order valence-electron chi connectivity index (χ3n) is 4.73. The minimum Gasteiger partial charge on any atom is -0.504 e. The summed E-state index contributed by atoms with van der Waals surface area (Å²) in [5.41, 5.74) is 0.903. The number of benzene rings is 3. The summed E-state index contributed by atoms with van der Waals surface area (Å²) in [5.74, 6) is -6.94.